The fourth-order valence-corrected chi connectivity index (χ4v) is 6.26. The van der Waals surface area contributed by atoms with Gasteiger partial charge in [0.15, 0.2) is 5.78 Å². The van der Waals surface area contributed by atoms with E-state index in [1.54, 1.807) is 6.92 Å². The van der Waals surface area contributed by atoms with Crippen LogP contribution in [0.15, 0.2) is 54.3 Å². The topological polar surface area (TPSA) is 82.2 Å². The average Bonchev–Trinajstić information content (AvgIpc) is 3.53. The number of allylic oxidation sites excluding steroid dienone is 5. The molecular weight excluding hydrogens is 426 g/mol. The number of hydrogen-bond acceptors (Lipinski definition) is 4. The predicted molar refractivity (Wildman–Crippen MR) is 131 cm³/mol. The Balaban J connectivity index is 1.53. The number of carbonyl (C=O) groups is 2. The molecule has 1 aromatic heterocycles. The van der Waals surface area contributed by atoms with Crippen molar-refractivity contribution in [3.8, 4) is 0 Å². The zero-order valence-electron chi connectivity index (χ0n) is 20.6. The molecule has 2 heterocycles. The molecule has 0 aromatic carbocycles. The van der Waals surface area contributed by atoms with Crippen LogP contribution in [0.1, 0.15) is 69.8 Å². The van der Waals surface area contributed by atoms with Gasteiger partial charge in [-0.05, 0) is 67.6 Å². The van der Waals surface area contributed by atoms with Crippen molar-refractivity contribution in [3.05, 3.63) is 60.0 Å². The number of ether oxygens (including phenoxy) is 1. The summed E-state index contributed by atoms with van der Waals surface area (Å²) in [6, 6.07) is 3.77. The predicted octanol–water partition coefficient (Wildman–Crippen LogP) is 4.88. The Morgan fingerprint density at radius 3 is 2.76 bits per heavy atom. The van der Waals surface area contributed by atoms with Gasteiger partial charge < -0.3 is 19.6 Å². The van der Waals surface area contributed by atoms with Crippen molar-refractivity contribution in [3.63, 3.8) is 0 Å². The summed E-state index contributed by atoms with van der Waals surface area (Å²) in [6.45, 7) is 5.96. The molecule has 1 aromatic rings. The molecule has 5 heteroatoms. The number of Topliss-reactive ketones (excluding diaryl/α,β-unsaturated/α-hetero) is 1. The summed E-state index contributed by atoms with van der Waals surface area (Å²) in [6.07, 6.45) is 18.3. The van der Waals surface area contributed by atoms with E-state index in [2.05, 4.69) is 49.2 Å². The Kier molecular flexibility index (Phi) is 7.92. The fraction of sp³-hybridized carbons (Fsp3) is 0.586. The number of ketones is 1. The summed E-state index contributed by atoms with van der Waals surface area (Å²) in [5.74, 6) is -0.176. The molecule has 4 rings (SSSR count). The number of hydrogen-bond donors (Lipinski definition) is 1. The quantitative estimate of drug-likeness (QED) is 0.338. The van der Waals surface area contributed by atoms with E-state index < -0.39 is 11.9 Å². The molecule has 0 radical (unpaired) electrons. The SMILES string of the molecule is CC/C(=C\C=C\C1C=CC2CCCC2C1C(=O)c1ccc[nH]1)C1OC(C(C)C(=O)[O-])CCC1C. The van der Waals surface area contributed by atoms with Gasteiger partial charge in [0.25, 0.3) is 0 Å². The van der Waals surface area contributed by atoms with Crippen molar-refractivity contribution in [1.82, 2.24) is 4.98 Å². The Labute approximate surface area is 203 Å². The number of carboxylic acid groups (broad SMARTS) is 1. The second-order valence-corrected chi connectivity index (χ2v) is 10.4. The molecule has 5 nitrogen and oxygen atoms in total. The van der Waals surface area contributed by atoms with Gasteiger partial charge in [-0.15, -0.1) is 0 Å². The summed E-state index contributed by atoms with van der Waals surface area (Å²) in [5, 5.41) is 11.4. The first kappa shape index (κ1) is 24.7. The molecule has 8 atom stereocenters. The number of nitrogens with one attached hydrogen (secondary N) is 1. The third-order valence-electron chi connectivity index (χ3n) is 8.34. The maximum atomic E-state index is 13.4. The molecule has 0 amide bonds. The number of aliphatic carboxylic acids is 1. The van der Waals surface area contributed by atoms with E-state index in [0.29, 0.717) is 23.4 Å². The lowest BCUT2D eigenvalue weighted by molar-refractivity contribution is -0.315. The van der Waals surface area contributed by atoms with Gasteiger partial charge in [-0.25, -0.2) is 0 Å². The van der Waals surface area contributed by atoms with Gasteiger partial charge >= 0.3 is 0 Å². The highest BCUT2D eigenvalue weighted by atomic mass is 16.5. The molecule has 2 fully saturated rings. The highest BCUT2D eigenvalue weighted by Gasteiger charge is 2.42. The lowest BCUT2D eigenvalue weighted by Crippen LogP contribution is -2.44. The fourth-order valence-electron chi connectivity index (χ4n) is 6.26. The third kappa shape index (κ3) is 5.14. The van der Waals surface area contributed by atoms with Gasteiger partial charge in [0.05, 0.1) is 17.9 Å². The minimum Gasteiger partial charge on any atom is -0.550 e. The van der Waals surface area contributed by atoms with Crippen LogP contribution in [-0.2, 0) is 9.53 Å². The molecule has 8 unspecified atom stereocenters. The smallest absolute Gasteiger partial charge is 0.183 e. The Hall–Kier alpha value is -2.40. The summed E-state index contributed by atoms with van der Waals surface area (Å²) in [5.41, 5.74) is 1.87. The highest BCUT2D eigenvalue weighted by molar-refractivity contribution is 5.97. The molecule has 184 valence electrons. The normalized spacial score (nSPS) is 34.8. The molecular formula is C29H38NO4-. The van der Waals surface area contributed by atoms with Crippen molar-refractivity contribution in [2.45, 2.75) is 71.5 Å². The molecule has 1 saturated heterocycles. The molecule has 1 saturated carbocycles. The van der Waals surface area contributed by atoms with Gasteiger partial charge in [0.1, 0.15) is 0 Å². The van der Waals surface area contributed by atoms with Gasteiger partial charge in [-0.2, -0.15) is 0 Å². The Morgan fingerprint density at radius 1 is 1.24 bits per heavy atom. The standard InChI is InChI=1S/C29H39NO4/c1-4-20(28-18(2)13-16-25(34-28)19(3)29(32)33)8-5-10-22-15-14-21-9-6-11-23(21)26(22)27(31)24-12-7-17-30-24/h5,7-8,10,12,14-15,17-19,21-23,25-26,28,30H,4,6,9,11,13,16H2,1-3H3,(H,32,33)/p-1/b10-5+,20-8+. The highest BCUT2D eigenvalue weighted by Crippen LogP contribution is 2.46. The number of fused-ring (bicyclic) bond motifs is 1. The second kappa shape index (κ2) is 10.9. The van der Waals surface area contributed by atoms with Gasteiger partial charge in [-0.3, -0.25) is 4.79 Å². The zero-order chi connectivity index (χ0) is 24.2. The van der Waals surface area contributed by atoms with E-state index in [0.717, 1.165) is 25.7 Å². The summed E-state index contributed by atoms with van der Waals surface area (Å²) >= 11 is 0. The largest absolute Gasteiger partial charge is 0.550 e. The number of carboxylic acids is 1. The van der Waals surface area contributed by atoms with Crippen LogP contribution in [-0.4, -0.2) is 28.9 Å². The van der Waals surface area contributed by atoms with Crippen LogP contribution in [0.3, 0.4) is 0 Å². The van der Waals surface area contributed by atoms with E-state index in [4.69, 9.17) is 4.74 Å². The first-order chi connectivity index (χ1) is 16.4. The van der Waals surface area contributed by atoms with Crippen LogP contribution in [0.4, 0.5) is 0 Å². The molecule has 1 N–H and O–H groups in total. The molecule has 3 aliphatic rings. The molecule has 0 spiro atoms. The van der Waals surface area contributed by atoms with E-state index in [1.807, 2.05) is 18.3 Å². The molecule has 34 heavy (non-hydrogen) atoms. The minimum atomic E-state index is -1.05. The van der Waals surface area contributed by atoms with Gasteiger partial charge in [0, 0.05) is 29.9 Å². The van der Waals surface area contributed by atoms with E-state index in [1.165, 1.54) is 18.4 Å². The van der Waals surface area contributed by atoms with Gasteiger partial charge in [0.2, 0.25) is 0 Å². The zero-order valence-corrected chi connectivity index (χ0v) is 20.6. The van der Waals surface area contributed by atoms with Gasteiger partial charge in [-0.1, -0.05) is 57.6 Å². The first-order valence-electron chi connectivity index (χ1n) is 13.0. The summed E-state index contributed by atoms with van der Waals surface area (Å²) in [4.78, 5) is 27.9. The van der Waals surface area contributed by atoms with Crippen LogP contribution in [0.2, 0.25) is 0 Å². The van der Waals surface area contributed by atoms with Crippen molar-refractivity contribution in [2.75, 3.05) is 0 Å². The Morgan fingerprint density at radius 2 is 2.06 bits per heavy atom. The average molecular weight is 465 g/mol. The van der Waals surface area contributed by atoms with Crippen molar-refractivity contribution >= 4 is 11.8 Å². The monoisotopic (exact) mass is 464 g/mol. The first-order valence-corrected chi connectivity index (χ1v) is 13.0. The Bertz CT molecular complexity index is 943. The maximum Gasteiger partial charge on any atom is 0.183 e. The number of aromatic nitrogens is 1. The molecule has 1 aliphatic heterocycles. The van der Waals surface area contributed by atoms with Crippen molar-refractivity contribution < 1.29 is 19.4 Å². The van der Waals surface area contributed by atoms with Crippen LogP contribution in [0, 0.1) is 35.5 Å². The lowest BCUT2D eigenvalue weighted by atomic mass is 9.69. The number of aromatic amines is 1. The second-order valence-electron chi connectivity index (χ2n) is 10.4. The van der Waals surface area contributed by atoms with Crippen LogP contribution >= 0.6 is 0 Å². The maximum absolute atomic E-state index is 13.4. The number of H-pyrrole nitrogens is 1. The van der Waals surface area contributed by atoms with E-state index in [-0.39, 0.29) is 29.8 Å². The number of carbonyl (C=O) groups excluding carboxylic acids is 2. The summed E-state index contributed by atoms with van der Waals surface area (Å²) < 4.78 is 6.29. The molecule has 2 aliphatic carbocycles. The summed E-state index contributed by atoms with van der Waals surface area (Å²) in [7, 11) is 0. The lowest BCUT2D eigenvalue weighted by Gasteiger charge is -2.39. The van der Waals surface area contributed by atoms with E-state index >= 15 is 0 Å². The minimum absolute atomic E-state index is 0.0379. The van der Waals surface area contributed by atoms with Crippen molar-refractivity contribution in [1.29, 1.82) is 0 Å². The number of rotatable bonds is 8. The van der Waals surface area contributed by atoms with Crippen LogP contribution in [0.5, 0.6) is 0 Å². The van der Waals surface area contributed by atoms with Crippen molar-refractivity contribution in [2.24, 2.45) is 35.5 Å². The van der Waals surface area contributed by atoms with E-state index in [9.17, 15) is 14.7 Å². The third-order valence-corrected chi connectivity index (χ3v) is 8.34. The molecule has 0 bridgehead atoms. The van der Waals surface area contributed by atoms with Crippen LogP contribution in [0.25, 0.3) is 0 Å². The van der Waals surface area contributed by atoms with Crippen LogP contribution < -0.4 is 5.11 Å².